The number of hydrogen-bond donors (Lipinski definition) is 1. The van der Waals surface area contributed by atoms with E-state index < -0.39 is 0 Å². The van der Waals surface area contributed by atoms with Crippen molar-refractivity contribution in [1.82, 2.24) is 10.1 Å². The summed E-state index contributed by atoms with van der Waals surface area (Å²) in [5, 5.41) is 3.92. The molecule has 0 atom stereocenters. The van der Waals surface area contributed by atoms with Crippen molar-refractivity contribution in [3.8, 4) is 11.5 Å². The van der Waals surface area contributed by atoms with Crippen LogP contribution < -0.4 is 5.73 Å². The van der Waals surface area contributed by atoms with E-state index in [9.17, 15) is 0 Å². The van der Waals surface area contributed by atoms with Gasteiger partial charge in [0.2, 0.25) is 0 Å². The number of nitrogens with two attached hydrogens (primary N) is 1. The van der Waals surface area contributed by atoms with Crippen LogP contribution in [0, 0.1) is 3.57 Å². The molecule has 0 saturated heterocycles. The highest BCUT2D eigenvalue weighted by atomic mass is 127. The number of rotatable bonds is 4. The second-order valence-electron chi connectivity index (χ2n) is 3.42. The highest BCUT2D eigenvalue weighted by molar-refractivity contribution is 14.1. The standard InChI is InChI=1S/C11H12IN3O/c12-9-4-1-3-8(7-9)11-14-10(15-16-11)5-2-6-13/h1,3-4,7H,2,5-6,13H2. The smallest absolute Gasteiger partial charge is 0.257 e. The van der Waals surface area contributed by atoms with Crippen molar-refractivity contribution in [2.24, 2.45) is 5.73 Å². The third-order valence-electron chi connectivity index (χ3n) is 2.14. The fourth-order valence-corrected chi connectivity index (χ4v) is 1.90. The Morgan fingerprint density at radius 3 is 3.00 bits per heavy atom. The SMILES string of the molecule is NCCCc1noc(-c2cccc(I)c2)n1. The molecule has 1 aromatic carbocycles. The van der Waals surface area contributed by atoms with Crippen molar-refractivity contribution in [2.75, 3.05) is 6.54 Å². The molecule has 2 N–H and O–H groups in total. The summed E-state index contributed by atoms with van der Waals surface area (Å²) in [5.41, 5.74) is 6.38. The Bertz CT molecular complexity index is 470. The first-order valence-electron chi connectivity index (χ1n) is 5.08. The number of hydrogen-bond acceptors (Lipinski definition) is 4. The van der Waals surface area contributed by atoms with Gasteiger partial charge in [0.1, 0.15) is 0 Å². The van der Waals surface area contributed by atoms with Crippen molar-refractivity contribution in [2.45, 2.75) is 12.8 Å². The monoisotopic (exact) mass is 329 g/mol. The molecule has 0 aliphatic rings. The molecule has 0 bridgehead atoms. The number of aromatic nitrogens is 2. The number of halogens is 1. The Morgan fingerprint density at radius 1 is 1.38 bits per heavy atom. The molecule has 0 radical (unpaired) electrons. The molecule has 0 aliphatic carbocycles. The molecule has 1 aromatic heterocycles. The van der Waals surface area contributed by atoms with Crippen LogP contribution in [0.1, 0.15) is 12.2 Å². The maximum atomic E-state index is 5.43. The third-order valence-corrected chi connectivity index (χ3v) is 2.82. The first-order chi connectivity index (χ1) is 7.79. The van der Waals surface area contributed by atoms with Crippen molar-refractivity contribution >= 4 is 22.6 Å². The average Bonchev–Trinajstić information content (AvgIpc) is 2.75. The minimum Gasteiger partial charge on any atom is -0.334 e. The van der Waals surface area contributed by atoms with Crippen LogP contribution >= 0.6 is 22.6 Å². The predicted molar refractivity (Wildman–Crippen MR) is 69.8 cm³/mol. The number of nitrogens with zero attached hydrogens (tertiary/aromatic N) is 2. The van der Waals surface area contributed by atoms with Crippen LogP contribution in [0.3, 0.4) is 0 Å². The Labute approximate surface area is 107 Å². The Morgan fingerprint density at radius 2 is 2.25 bits per heavy atom. The van der Waals surface area contributed by atoms with Crippen LogP contribution in [0.4, 0.5) is 0 Å². The van der Waals surface area contributed by atoms with Crippen LogP contribution in [-0.2, 0) is 6.42 Å². The fraction of sp³-hybridized carbons (Fsp3) is 0.273. The van der Waals surface area contributed by atoms with Gasteiger partial charge in [-0.15, -0.1) is 0 Å². The summed E-state index contributed by atoms with van der Waals surface area (Å²) < 4.78 is 6.35. The lowest BCUT2D eigenvalue weighted by atomic mass is 10.2. The normalized spacial score (nSPS) is 10.6. The maximum absolute atomic E-state index is 5.43. The number of aryl methyl sites for hydroxylation is 1. The highest BCUT2D eigenvalue weighted by Gasteiger charge is 2.08. The molecule has 2 rings (SSSR count). The molecule has 84 valence electrons. The van der Waals surface area contributed by atoms with E-state index in [-0.39, 0.29) is 0 Å². The van der Waals surface area contributed by atoms with Gasteiger partial charge in [0, 0.05) is 15.6 Å². The molecule has 2 aromatic rings. The number of benzene rings is 1. The van der Waals surface area contributed by atoms with Crippen molar-refractivity contribution in [1.29, 1.82) is 0 Å². The molecular weight excluding hydrogens is 317 g/mol. The molecule has 0 saturated carbocycles. The van der Waals surface area contributed by atoms with E-state index in [0.717, 1.165) is 27.8 Å². The minimum atomic E-state index is 0.575. The van der Waals surface area contributed by atoms with Gasteiger partial charge in [0.05, 0.1) is 0 Å². The summed E-state index contributed by atoms with van der Waals surface area (Å²) in [7, 11) is 0. The zero-order valence-electron chi connectivity index (χ0n) is 8.69. The molecule has 5 heteroatoms. The van der Waals surface area contributed by atoms with Gasteiger partial charge in [-0.05, 0) is 53.8 Å². The first-order valence-corrected chi connectivity index (χ1v) is 6.16. The molecule has 1 heterocycles. The van der Waals surface area contributed by atoms with E-state index in [1.807, 2.05) is 24.3 Å². The summed E-state index contributed by atoms with van der Waals surface area (Å²) in [6.07, 6.45) is 1.65. The second kappa shape index (κ2) is 5.40. The van der Waals surface area contributed by atoms with E-state index >= 15 is 0 Å². The lowest BCUT2D eigenvalue weighted by Gasteiger charge is -1.94. The zero-order valence-corrected chi connectivity index (χ0v) is 10.8. The van der Waals surface area contributed by atoms with Gasteiger partial charge in [-0.1, -0.05) is 11.2 Å². The maximum Gasteiger partial charge on any atom is 0.257 e. The van der Waals surface area contributed by atoms with E-state index in [1.54, 1.807) is 0 Å². The Kier molecular flexibility index (Phi) is 3.89. The first kappa shape index (κ1) is 11.5. The average molecular weight is 329 g/mol. The van der Waals surface area contributed by atoms with E-state index in [4.69, 9.17) is 10.3 Å². The highest BCUT2D eigenvalue weighted by Crippen LogP contribution is 2.19. The minimum absolute atomic E-state index is 0.575. The van der Waals surface area contributed by atoms with Crippen molar-refractivity contribution < 1.29 is 4.52 Å². The van der Waals surface area contributed by atoms with Crippen LogP contribution in [0.5, 0.6) is 0 Å². The molecule has 16 heavy (non-hydrogen) atoms. The van der Waals surface area contributed by atoms with E-state index in [0.29, 0.717) is 12.4 Å². The molecule has 0 spiro atoms. The molecule has 0 amide bonds. The lowest BCUT2D eigenvalue weighted by Crippen LogP contribution is -2.01. The van der Waals surface area contributed by atoms with Crippen LogP contribution in [0.2, 0.25) is 0 Å². The van der Waals surface area contributed by atoms with Crippen LogP contribution in [-0.4, -0.2) is 16.7 Å². The molecular formula is C11H12IN3O. The fourth-order valence-electron chi connectivity index (χ4n) is 1.35. The zero-order chi connectivity index (χ0) is 11.4. The largest absolute Gasteiger partial charge is 0.334 e. The van der Waals surface area contributed by atoms with Gasteiger partial charge >= 0.3 is 0 Å². The Hall–Kier alpha value is -0.950. The summed E-state index contributed by atoms with van der Waals surface area (Å²) in [4.78, 5) is 4.32. The summed E-state index contributed by atoms with van der Waals surface area (Å²) in [6, 6.07) is 7.97. The van der Waals surface area contributed by atoms with E-state index in [2.05, 4.69) is 32.7 Å². The quantitative estimate of drug-likeness (QED) is 0.874. The summed E-state index contributed by atoms with van der Waals surface area (Å²) in [5.74, 6) is 1.30. The molecule has 4 nitrogen and oxygen atoms in total. The van der Waals surface area contributed by atoms with Gasteiger partial charge in [-0.2, -0.15) is 4.98 Å². The summed E-state index contributed by atoms with van der Waals surface area (Å²) in [6.45, 7) is 0.646. The van der Waals surface area contributed by atoms with Gasteiger partial charge in [0.25, 0.3) is 5.89 Å². The van der Waals surface area contributed by atoms with Crippen LogP contribution in [0.15, 0.2) is 28.8 Å². The Balaban J connectivity index is 2.18. The summed E-state index contributed by atoms with van der Waals surface area (Å²) >= 11 is 2.26. The van der Waals surface area contributed by atoms with Crippen molar-refractivity contribution in [3.63, 3.8) is 0 Å². The third kappa shape index (κ3) is 2.79. The van der Waals surface area contributed by atoms with Gasteiger partial charge < -0.3 is 10.3 Å². The lowest BCUT2D eigenvalue weighted by molar-refractivity contribution is 0.422. The molecule has 0 unspecified atom stereocenters. The van der Waals surface area contributed by atoms with Crippen molar-refractivity contribution in [3.05, 3.63) is 33.7 Å². The topological polar surface area (TPSA) is 64.9 Å². The second-order valence-corrected chi connectivity index (χ2v) is 4.66. The molecule has 0 fully saturated rings. The van der Waals surface area contributed by atoms with Gasteiger partial charge in [-0.3, -0.25) is 0 Å². The van der Waals surface area contributed by atoms with Gasteiger partial charge in [-0.25, -0.2) is 0 Å². The van der Waals surface area contributed by atoms with Gasteiger partial charge in [0.15, 0.2) is 5.82 Å². The van der Waals surface area contributed by atoms with E-state index in [1.165, 1.54) is 0 Å². The van der Waals surface area contributed by atoms with Crippen LogP contribution in [0.25, 0.3) is 11.5 Å². The predicted octanol–water partition coefficient (Wildman–Crippen LogP) is 2.23. The molecule has 0 aliphatic heterocycles.